The van der Waals surface area contributed by atoms with Crippen LogP contribution in [0, 0.1) is 11.8 Å². The van der Waals surface area contributed by atoms with Crippen molar-refractivity contribution < 1.29 is 4.79 Å². The standard InChI is InChI=1S/C24H26Cl3N3O/c1-14-5-3-4-6-20(14)28-24(31)22-15(2)23(16-7-9-17(25)10-8-16)30(29-22)21-12-11-18(26)13-19(21)27/h7-15,20,23H,3-6H2,1-2H3,(H,28,31). The Morgan fingerprint density at radius 1 is 1.00 bits per heavy atom. The maximum Gasteiger partial charge on any atom is 0.268 e. The van der Waals surface area contributed by atoms with Gasteiger partial charge in [-0.1, -0.05) is 73.6 Å². The number of hydrazone groups is 1. The first-order valence-corrected chi connectivity index (χ1v) is 11.9. The molecule has 4 unspecified atom stereocenters. The van der Waals surface area contributed by atoms with E-state index in [2.05, 4.69) is 12.2 Å². The first-order valence-electron chi connectivity index (χ1n) is 10.7. The number of rotatable bonds is 4. The predicted octanol–water partition coefficient (Wildman–Crippen LogP) is 6.90. The molecule has 1 amide bonds. The molecule has 2 aliphatic rings. The Bertz CT molecular complexity index is 992. The molecule has 164 valence electrons. The van der Waals surface area contributed by atoms with Crippen LogP contribution in [0.3, 0.4) is 0 Å². The smallest absolute Gasteiger partial charge is 0.268 e. The molecule has 0 aromatic heterocycles. The summed E-state index contributed by atoms with van der Waals surface area (Å²) in [5.74, 6) is 0.244. The van der Waals surface area contributed by atoms with Crippen LogP contribution in [0.15, 0.2) is 47.6 Å². The van der Waals surface area contributed by atoms with Crippen molar-refractivity contribution in [1.82, 2.24) is 5.32 Å². The molecule has 2 aromatic rings. The number of nitrogens with zero attached hydrogens (tertiary/aromatic N) is 2. The van der Waals surface area contributed by atoms with Crippen molar-refractivity contribution in [3.8, 4) is 0 Å². The minimum Gasteiger partial charge on any atom is -0.348 e. The number of hydrogen-bond acceptors (Lipinski definition) is 3. The molecule has 1 heterocycles. The van der Waals surface area contributed by atoms with Gasteiger partial charge in [0, 0.05) is 22.0 Å². The molecule has 0 bridgehead atoms. The molecule has 0 spiro atoms. The molecule has 1 N–H and O–H groups in total. The van der Waals surface area contributed by atoms with Gasteiger partial charge in [0.2, 0.25) is 0 Å². The van der Waals surface area contributed by atoms with Crippen molar-refractivity contribution in [3.05, 3.63) is 63.1 Å². The second-order valence-corrected chi connectivity index (χ2v) is 9.83. The topological polar surface area (TPSA) is 44.7 Å². The van der Waals surface area contributed by atoms with Crippen molar-refractivity contribution in [2.75, 3.05) is 5.01 Å². The highest BCUT2D eigenvalue weighted by Gasteiger charge is 2.40. The largest absolute Gasteiger partial charge is 0.348 e. The monoisotopic (exact) mass is 477 g/mol. The fourth-order valence-corrected chi connectivity index (χ4v) is 5.24. The molecule has 4 rings (SSSR count). The van der Waals surface area contributed by atoms with Crippen LogP contribution >= 0.6 is 34.8 Å². The summed E-state index contributed by atoms with van der Waals surface area (Å²) in [5, 5.41) is 11.6. The Balaban J connectivity index is 1.68. The van der Waals surface area contributed by atoms with Crippen LogP contribution in [-0.4, -0.2) is 17.7 Å². The van der Waals surface area contributed by atoms with Crippen LogP contribution in [0.5, 0.6) is 0 Å². The van der Waals surface area contributed by atoms with E-state index in [9.17, 15) is 4.79 Å². The van der Waals surface area contributed by atoms with Gasteiger partial charge in [-0.25, -0.2) is 0 Å². The lowest BCUT2D eigenvalue weighted by Crippen LogP contribution is -2.45. The third-order valence-corrected chi connectivity index (χ3v) is 7.20. The lowest BCUT2D eigenvalue weighted by molar-refractivity contribution is -0.116. The number of amides is 1. The van der Waals surface area contributed by atoms with Gasteiger partial charge in [0.1, 0.15) is 5.71 Å². The normalized spacial score (nSPS) is 26.0. The summed E-state index contributed by atoms with van der Waals surface area (Å²) in [6.45, 7) is 4.24. The van der Waals surface area contributed by atoms with Gasteiger partial charge in [-0.3, -0.25) is 9.80 Å². The van der Waals surface area contributed by atoms with Crippen molar-refractivity contribution in [2.24, 2.45) is 16.9 Å². The van der Waals surface area contributed by atoms with Crippen LogP contribution in [0.2, 0.25) is 15.1 Å². The van der Waals surface area contributed by atoms with Gasteiger partial charge in [-0.05, 0) is 54.7 Å². The minimum atomic E-state index is -0.180. The molecule has 7 heteroatoms. The van der Waals surface area contributed by atoms with E-state index in [0.29, 0.717) is 32.4 Å². The quantitative estimate of drug-likeness (QED) is 0.519. The predicted molar refractivity (Wildman–Crippen MR) is 129 cm³/mol. The van der Waals surface area contributed by atoms with E-state index in [1.54, 1.807) is 12.1 Å². The highest BCUT2D eigenvalue weighted by molar-refractivity contribution is 6.41. The third kappa shape index (κ3) is 4.72. The summed E-state index contributed by atoms with van der Waals surface area (Å²) in [5.41, 5.74) is 2.25. The van der Waals surface area contributed by atoms with Crippen LogP contribution < -0.4 is 10.3 Å². The summed E-state index contributed by atoms with van der Waals surface area (Å²) in [7, 11) is 0. The number of nitrogens with one attached hydrogen (secondary N) is 1. The molecular weight excluding hydrogens is 453 g/mol. The molecule has 2 aromatic carbocycles. The SMILES string of the molecule is CC1CCCCC1NC(=O)C1=NN(c2ccc(Cl)cc2Cl)C(c2ccc(Cl)cc2)C1C. The lowest BCUT2D eigenvalue weighted by Gasteiger charge is -2.30. The van der Waals surface area contributed by atoms with Crippen molar-refractivity contribution in [1.29, 1.82) is 0 Å². The zero-order chi connectivity index (χ0) is 22.1. The van der Waals surface area contributed by atoms with Gasteiger partial charge < -0.3 is 5.32 Å². The Morgan fingerprint density at radius 3 is 2.35 bits per heavy atom. The number of benzene rings is 2. The second-order valence-electron chi connectivity index (χ2n) is 8.55. The number of anilines is 1. The minimum absolute atomic E-state index is 0.0993. The first kappa shape index (κ1) is 22.4. The molecule has 4 atom stereocenters. The van der Waals surface area contributed by atoms with Gasteiger partial charge in [-0.2, -0.15) is 5.10 Å². The molecule has 1 fully saturated rings. The van der Waals surface area contributed by atoms with E-state index in [-0.39, 0.29) is 23.9 Å². The number of halogens is 3. The summed E-state index contributed by atoms with van der Waals surface area (Å²) in [6.07, 6.45) is 4.54. The molecule has 0 saturated heterocycles. The molecule has 4 nitrogen and oxygen atoms in total. The summed E-state index contributed by atoms with van der Waals surface area (Å²) in [4.78, 5) is 13.3. The molecule has 31 heavy (non-hydrogen) atoms. The van der Waals surface area contributed by atoms with Gasteiger partial charge in [0.15, 0.2) is 0 Å². The number of carbonyl (C=O) groups is 1. The van der Waals surface area contributed by atoms with E-state index in [1.165, 1.54) is 6.42 Å². The van der Waals surface area contributed by atoms with Crippen LogP contribution in [0.4, 0.5) is 5.69 Å². The Morgan fingerprint density at radius 2 is 1.68 bits per heavy atom. The maximum absolute atomic E-state index is 13.3. The van der Waals surface area contributed by atoms with Crippen LogP contribution in [0.25, 0.3) is 0 Å². The zero-order valence-corrected chi connectivity index (χ0v) is 19.9. The average molecular weight is 479 g/mol. The van der Waals surface area contributed by atoms with E-state index >= 15 is 0 Å². The van der Waals surface area contributed by atoms with E-state index in [4.69, 9.17) is 39.9 Å². The van der Waals surface area contributed by atoms with Crippen LogP contribution in [0.1, 0.15) is 51.1 Å². The molecule has 0 radical (unpaired) electrons. The average Bonchev–Trinajstić information content (AvgIpc) is 3.07. The summed E-state index contributed by atoms with van der Waals surface area (Å²) < 4.78 is 0. The maximum atomic E-state index is 13.3. The number of hydrogen-bond donors (Lipinski definition) is 1. The van der Waals surface area contributed by atoms with Gasteiger partial charge in [0.05, 0.1) is 16.8 Å². The Hall–Kier alpha value is -1.75. The second kappa shape index (κ2) is 9.40. The lowest BCUT2D eigenvalue weighted by atomic mass is 9.85. The van der Waals surface area contributed by atoms with Crippen LogP contribution in [-0.2, 0) is 4.79 Å². The fraction of sp³-hybridized carbons (Fsp3) is 0.417. The van der Waals surface area contributed by atoms with Crippen molar-refractivity contribution in [3.63, 3.8) is 0 Å². The first-order chi connectivity index (χ1) is 14.8. The third-order valence-electron chi connectivity index (χ3n) is 6.41. The van der Waals surface area contributed by atoms with Gasteiger partial charge in [-0.15, -0.1) is 0 Å². The Kier molecular flexibility index (Phi) is 6.80. The highest BCUT2D eigenvalue weighted by Crippen LogP contribution is 2.42. The van der Waals surface area contributed by atoms with Crippen molar-refractivity contribution in [2.45, 2.75) is 51.6 Å². The van der Waals surface area contributed by atoms with Gasteiger partial charge in [0.25, 0.3) is 5.91 Å². The molecule has 1 saturated carbocycles. The summed E-state index contributed by atoms with van der Waals surface area (Å²) in [6, 6.07) is 13.0. The Labute approximate surface area is 198 Å². The van der Waals surface area contributed by atoms with E-state index in [0.717, 1.165) is 24.8 Å². The van der Waals surface area contributed by atoms with E-state index < -0.39 is 0 Å². The molecule has 1 aliphatic carbocycles. The highest BCUT2D eigenvalue weighted by atomic mass is 35.5. The van der Waals surface area contributed by atoms with Gasteiger partial charge >= 0.3 is 0 Å². The zero-order valence-electron chi connectivity index (χ0n) is 17.6. The number of carbonyl (C=O) groups excluding carboxylic acids is 1. The molecule has 1 aliphatic heterocycles. The van der Waals surface area contributed by atoms with Crippen molar-refractivity contribution >= 4 is 52.1 Å². The fourth-order valence-electron chi connectivity index (χ4n) is 4.62. The van der Waals surface area contributed by atoms with E-state index in [1.807, 2.05) is 42.3 Å². The molecular formula is C24H26Cl3N3O. The summed E-state index contributed by atoms with van der Waals surface area (Å²) >= 11 is 18.7.